The minimum absolute atomic E-state index is 0.115. The molecular weight excluding hydrogens is 353 g/mol. The van der Waals surface area contributed by atoms with Crippen LogP contribution in [0, 0.1) is 5.82 Å². The predicted molar refractivity (Wildman–Crippen MR) is 91.3 cm³/mol. The van der Waals surface area contributed by atoms with Gasteiger partial charge in [-0.15, -0.1) is 11.3 Å². The zero-order valence-electron chi connectivity index (χ0n) is 12.4. The van der Waals surface area contributed by atoms with Crippen LogP contribution in [0.3, 0.4) is 0 Å². The highest BCUT2D eigenvalue weighted by atomic mass is 35.5. The van der Waals surface area contributed by atoms with Gasteiger partial charge in [-0.1, -0.05) is 11.6 Å². The summed E-state index contributed by atoms with van der Waals surface area (Å²) in [4.78, 5) is 20.3. The van der Waals surface area contributed by atoms with Crippen LogP contribution in [0.15, 0.2) is 41.9 Å². The second kappa shape index (κ2) is 6.94. The summed E-state index contributed by atoms with van der Waals surface area (Å²) in [7, 11) is 1.40. The number of anilines is 1. The molecule has 3 aromatic rings. The highest BCUT2D eigenvalue weighted by Crippen LogP contribution is 2.28. The van der Waals surface area contributed by atoms with E-state index in [1.165, 1.54) is 36.8 Å². The lowest BCUT2D eigenvalue weighted by Gasteiger charge is -2.04. The summed E-state index contributed by atoms with van der Waals surface area (Å²) in [6.45, 7) is 0. The Morgan fingerprint density at radius 2 is 2.21 bits per heavy atom. The Kier molecular flexibility index (Phi) is 4.73. The number of thiazole rings is 1. The van der Waals surface area contributed by atoms with Gasteiger partial charge in [0.05, 0.1) is 18.4 Å². The van der Waals surface area contributed by atoms with Gasteiger partial charge in [0.1, 0.15) is 5.15 Å². The number of aromatic nitrogens is 2. The van der Waals surface area contributed by atoms with Crippen LogP contribution in [0.4, 0.5) is 9.52 Å². The summed E-state index contributed by atoms with van der Waals surface area (Å²) in [6.07, 6.45) is 1.50. The van der Waals surface area contributed by atoms with Crippen molar-refractivity contribution >= 4 is 34.0 Å². The van der Waals surface area contributed by atoms with Crippen LogP contribution in [0.25, 0.3) is 11.3 Å². The second-order valence-electron chi connectivity index (χ2n) is 4.68. The number of carbonyl (C=O) groups is 1. The summed E-state index contributed by atoms with van der Waals surface area (Å²) in [5, 5.41) is 4.87. The van der Waals surface area contributed by atoms with Crippen LogP contribution in [0.5, 0.6) is 5.75 Å². The van der Waals surface area contributed by atoms with Crippen molar-refractivity contribution in [2.45, 2.75) is 0 Å². The summed E-state index contributed by atoms with van der Waals surface area (Å²) >= 11 is 7.12. The van der Waals surface area contributed by atoms with Gasteiger partial charge >= 0.3 is 0 Å². The minimum Gasteiger partial charge on any atom is -0.494 e. The third-order valence-electron chi connectivity index (χ3n) is 3.18. The molecule has 0 atom stereocenters. The monoisotopic (exact) mass is 363 g/mol. The van der Waals surface area contributed by atoms with Crippen LogP contribution < -0.4 is 10.1 Å². The van der Waals surface area contributed by atoms with E-state index in [2.05, 4.69) is 15.3 Å². The molecule has 0 aliphatic carbocycles. The van der Waals surface area contributed by atoms with Crippen molar-refractivity contribution in [3.05, 3.63) is 58.4 Å². The van der Waals surface area contributed by atoms with Crippen molar-refractivity contribution in [3.63, 3.8) is 0 Å². The summed E-state index contributed by atoms with van der Waals surface area (Å²) in [5.74, 6) is -0.723. The first kappa shape index (κ1) is 16.4. The molecule has 0 spiro atoms. The average molecular weight is 364 g/mol. The third-order valence-corrected chi connectivity index (χ3v) is 4.23. The number of amides is 1. The number of hydrogen-bond donors (Lipinski definition) is 1. The first-order valence-corrected chi connectivity index (χ1v) is 8.05. The van der Waals surface area contributed by atoms with E-state index in [1.54, 1.807) is 23.6 Å². The Morgan fingerprint density at radius 3 is 2.92 bits per heavy atom. The smallest absolute Gasteiger partial charge is 0.260 e. The lowest BCUT2D eigenvalue weighted by molar-refractivity contribution is 0.102. The Balaban J connectivity index is 1.80. The van der Waals surface area contributed by atoms with E-state index in [-0.39, 0.29) is 16.5 Å². The number of halogens is 2. The summed E-state index contributed by atoms with van der Waals surface area (Å²) < 4.78 is 18.7. The van der Waals surface area contributed by atoms with Crippen LogP contribution in [0.1, 0.15) is 10.4 Å². The molecule has 1 aromatic carbocycles. The molecule has 5 nitrogen and oxygen atoms in total. The number of benzene rings is 1. The topological polar surface area (TPSA) is 64.1 Å². The van der Waals surface area contributed by atoms with Gasteiger partial charge in [-0.2, -0.15) is 0 Å². The number of ether oxygens (including phenoxy) is 1. The molecule has 0 saturated heterocycles. The molecule has 0 unspecified atom stereocenters. The minimum atomic E-state index is -0.476. The zero-order valence-corrected chi connectivity index (χ0v) is 14.0. The molecule has 0 aliphatic rings. The normalized spacial score (nSPS) is 10.5. The molecule has 1 amide bonds. The van der Waals surface area contributed by atoms with E-state index in [9.17, 15) is 9.18 Å². The molecule has 0 bridgehead atoms. The Hall–Kier alpha value is -2.51. The first-order valence-electron chi connectivity index (χ1n) is 6.80. The van der Waals surface area contributed by atoms with Gasteiger partial charge in [-0.05, 0) is 30.3 Å². The largest absolute Gasteiger partial charge is 0.494 e. The quantitative estimate of drug-likeness (QED) is 0.703. The maximum Gasteiger partial charge on any atom is 0.260 e. The van der Waals surface area contributed by atoms with Crippen molar-refractivity contribution < 1.29 is 13.9 Å². The van der Waals surface area contributed by atoms with Gasteiger partial charge in [0, 0.05) is 17.1 Å². The number of nitrogens with one attached hydrogen (secondary N) is 1. The van der Waals surface area contributed by atoms with Crippen molar-refractivity contribution in [2.75, 3.05) is 12.4 Å². The molecule has 122 valence electrons. The fourth-order valence-electron chi connectivity index (χ4n) is 2.01. The van der Waals surface area contributed by atoms with Crippen molar-refractivity contribution in [3.8, 4) is 17.0 Å². The maximum atomic E-state index is 13.8. The average Bonchev–Trinajstić information content (AvgIpc) is 3.03. The van der Waals surface area contributed by atoms with E-state index < -0.39 is 11.7 Å². The second-order valence-corrected chi connectivity index (χ2v) is 5.90. The Labute approximate surface area is 146 Å². The van der Waals surface area contributed by atoms with Crippen molar-refractivity contribution in [1.29, 1.82) is 0 Å². The lowest BCUT2D eigenvalue weighted by Crippen LogP contribution is -2.12. The van der Waals surface area contributed by atoms with Gasteiger partial charge in [0.2, 0.25) is 0 Å². The fourth-order valence-corrected chi connectivity index (χ4v) is 2.93. The van der Waals surface area contributed by atoms with E-state index >= 15 is 0 Å². The van der Waals surface area contributed by atoms with Gasteiger partial charge in [0.25, 0.3) is 5.91 Å². The first-order chi connectivity index (χ1) is 11.6. The van der Waals surface area contributed by atoms with Gasteiger partial charge in [-0.3, -0.25) is 10.1 Å². The number of carbonyl (C=O) groups excluding carboxylic acids is 1. The van der Waals surface area contributed by atoms with Gasteiger partial charge in [0.15, 0.2) is 16.7 Å². The number of nitrogens with zero attached hydrogens (tertiary/aromatic N) is 2. The van der Waals surface area contributed by atoms with E-state index in [4.69, 9.17) is 16.3 Å². The van der Waals surface area contributed by atoms with E-state index in [0.29, 0.717) is 16.4 Å². The molecule has 24 heavy (non-hydrogen) atoms. The van der Waals surface area contributed by atoms with Crippen LogP contribution in [-0.2, 0) is 0 Å². The number of methoxy groups -OCH3 is 1. The number of pyridine rings is 1. The molecule has 0 aliphatic heterocycles. The number of rotatable bonds is 4. The van der Waals surface area contributed by atoms with E-state index in [0.717, 1.165) is 0 Å². The lowest BCUT2D eigenvalue weighted by atomic mass is 10.1. The van der Waals surface area contributed by atoms with Crippen molar-refractivity contribution in [1.82, 2.24) is 9.97 Å². The highest BCUT2D eigenvalue weighted by Gasteiger charge is 2.14. The molecule has 8 heteroatoms. The van der Waals surface area contributed by atoms with Crippen molar-refractivity contribution in [2.24, 2.45) is 0 Å². The molecule has 0 radical (unpaired) electrons. The molecule has 2 aromatic heterocycles. The predicted octanol–water partition coefficient (Wildman–Crippen LogP) is 4.26. The highest BCUT2D eigenvalue weighted by molar-refractivity contribution is 7.14. The Morgan fingerprint density at radius 1 is 1.38 bits per heavy atom. The summed E-state index contributed by atoms with van der Waals surface area (Å²) in [5.41, 5.74) is 1.39. The van der Waals surface area contributed by atoms with Crippen LogP contribution in [-0.4, -0.2) is 23.0 Å². The Bertz CT molecular complexity index is 901. The standard InChI is InChI=1S/C16H11ClFN3O2S/c1-23-13-5-4-9(7-11(13)18)12-8-24-16(20-12)21-15(22)10-3-2-6-19-14(10)17/h2-8H,1H3,(H,20,21,22). The van der Waals surface area contributed by atoms with Crippen LogP contribution in [0.2, 0.25) is 5.15 Å². The molecule has 3 rings (SSSR count). The molecule has 2 heterocycles. The summed E-state index contributed by atoms with van der Waals surface area (Å²) in [6, 6.07) is 7.74. The van der Waals surface area contributed by atoms with Gasteiger partial charge < -0.3 is 4.74 Å². The fraction of sp³-hybridized carbons (Fsp3) is 0.0625. The molecule has 0 saturated carbocycles. The maximum absolute atomic E-state index is 13.8. The molecule has 1 N–H and O–H groups in total. The zero-order chi connectivity index (χ0) is 17.1. The van der Waals surface area contributed by atoms with Crippen LogP contribution >= 0.6 is 22.9 Å². The molecular formula is C16H11ClFN3O2S. The SMILES string of the molecule is COc1ccc(-c2csc(NC(=O)c3cccnc3Cl)n2)cc1F. The third kappa shape index (κ3) is 3.37. The molecule has 0 fully saturated rings. The number of hydrogen-bond acceptors (Lipinski definition) is 5. The van der Waals surface area contributed by atoms with Gasteiger partial charge in [-0.25, -0.2) is 14.4 Å². The van der Waals surface area contributed by atoms with E-state index in [1.807, 2.05) is 0 Å².